The van der Waals surface area contributed by atoms with Crippen molar-refractivity contribution in [2.75, 3.05) is 18.8 Å². The smallest absolute Gasteiger partial charge is 0.220 e. The molecular formula is C18H27N3O. The van der Waals surface area contributed by atoms with Crippen molar-refractivity contribution in [2.45, 2.75) is 51.0 Å². The van der Waals surface area contributed by atoms with E-state index in [4.69, 9.17) is 5.73 Å². The molecule has 4 heteroatoms. The average Bonchev–Trinajstić information content (AvgIpc) is 2.54. The number of rotatable bonds is 4. The van der Waals surface area contributed by atoms with Crippen molar-refractivity contribution in [1.82, 2.24) is 10.6 Å². The maximum absolute atomic E-state index is 12.3. The molecule has 1 aliphatic heterocycles. The molecule has 1 aliphatic carbocycles. The van der Waals surface area contributed by atoms with E-state index >= 15 is 0 Å². The number of nitrogen functional groups attached to an aromatic ring is 1. The lowest BCUT2D eigenvalue weighted by molar-refractivity contribution is -0.122. The lowest BCUT2D eigenvalue weighted by Crippen LogP contribution is -2.32. The van der Waals surface area contributed by atoms with Crippen molar-refractivity contribution in [3.8, 4) is 0 Å². The third-order valence-corrected chi connectivity index (χ3v) is 5.05. The van der Waals surface area contributed by atoms with Gasteiger partial charge in [-0.1, -0.05) is 6.07 Å². The van der Waals surface area contributed by atoms with Crippen LogP contribution in [0.5, 0.6) is 0 Å². The molecule has 4 N–H and O–H groups in total. The quantitative estimate of drug-likeness (QED) is 0.749. The highest BCUT2D eigenvalue weighted by Gasteiger charge is 2.22. The van der Waals surface area contributed by atoms with E-state index < -0.39 is 0 Å². The fourth-order valence-corrected chi connectivity index (χ4v) is 3.76. The maximum Gasteiger partial charge on any atom is 0.220 e. The summed E-state index contributed by atoms with van der Waals surface area (Å²) in [4.78, 5) is 12.3. The van der Waals surface area contributed by atoms with Gasteiger partial charge in [0.15, 0.2) is 0 Å². The molecule has 0 spiro atoms. The predicted molar refractivity (Wildman–Crippen MR) is 89.5 cm³/mol. The third kappa shape index (κ3) is 3.80. The van der Waals surface area contributed by atoms with Crippen LogP contribution in [-0.2, 0) is 11.2 Å². The second-order valence-corrected chi connectivity index (χ2v) is 6.70. The molecule has 1 saturated heterocycles. The summed E-state index contributed by atoms with van der Waals surface area (Å²) in [7, 11) is 0. The molecule has 22 heavy (non-hydrogen) atoms. The number of piperidine rings is 1. The fraction of sp³-hybridized carbons (Fsp3) is 0.611. The van der Waals surface area contributed by atoms with Gasteiger partial charge in [0.25, 0.3) is 0 Å². The molecule has 1 heterocycles. The number of carbonyl (C=O) groups is 1. The second kappa shape index (κ2) is 7.14. The number of amides is 1. The fourth-order valence-electron chi connectivity index (χ4n) is 3.76. The van der Waals surface area contributed by atoms with Crippen LogP contribution in [0.25, 0.3) is 0 Å². The zero-order valence-corrected chi connectivity index (χ0v) is 13.2. The van der Waals surface area contributed by atoms with E-state index in [1.165, 1.54) is 24.0 Å². The Kier molecular flexibility index (Phi) is 4.98. The van der Waals surface area contributed by atoms with Crippen molar-refractivity contribution in [3.05, 3.63) is 29.3 Å². The van der Waals surface area contributed by atoms with Gasteiger partial charge in [-0.25, -0.2) is 0 Å². The summed E-state index contributed by atoms with van der Waals surface area (Å²) in [6.45, 7) is 2.20. The topological polar surface area (TPSA) is 67.1 Å². The van der Waals surface area contributed by atoms with Gasteiger partial charge in [-0.3, -0.25) is 4.79 Å². The summed E-state index contributed by atoms with van der Waals surface area (Å²) in [5.74, 6) is 0.915. The summed E-state index contributed by atoms with van der Waals surface area (Å²) in [5.41, 5.74) is 9.24. The van der Waals surface area contributed by atoms with Crippen LogP contribution in [0.3, 0.4) is 0 Å². The standard InChI is InChI=1S/C18H27N3O/c19-15-5-6-16-14(12-15)2-1-3-17(16)21-18(22)7-4-13-8-10-20-11-9-13/h5-6,12-13,17,20H,1-4,7-11,19H2,(H,21,22). The van der Waals surface area contributed by atoms with Crippen molar-refractivity contribution in [2.24, 2.45) is 5.92 Å². The van der Waals surface area contributed by atoms with Crippen molar-refractivity contribution >= 4 is 11.6 Å². The van der Waals surface area contributed by atoms with Gasteiger partial charge in [-0.2, -0.15) is 0 Å². The minimum atomic E-state index is 0.171. The van der Waals surface area contributed by atoms with Gasteiger partial charge in [-0.05, 0) is 80.8 Å². The molecule has 1 aromatic carbocycles. The van der Waals surface area contributed by atoms with Gasteiger partial charge in [0.1, 0.15) is 0 Å². The Balaban J connectivity index is 1.53. The lowest BCUT2D eigenvalue weighted by Gasteiger charge is -2.27. The lowest BCUT2D eigenvalue weighted by atomic mass is 9.87. The molecule has 0 bridgehead atoms. The molecule has 0 aromatic heterocycles. The predicted octanol–water partition coefficient (Wildman–Crippen LogP) is 2.54. The first-order chi connectivity index (χ1) is 10.7. The number of nitrogens with one attached hydrogen (secondary N) is 2. The van der Waals surface area contributed by atoms with E-state index in [0.29, 0.717) is 12.3 Å². The minimum Gasteiger partial charge on any atom is -0.399 e. The number of benzene rings is 1. The zero-order valence-electron chi connectivity index (χ0n) is 13.2. The van der Waals surface area contributed by atoms with E-state index in [0.717, 1.165) is 44.5 Å². The van der Waals surface area contributed by atoms with Crippen LogP contribution >= 0.6 is 0 Å². The summed E-state index contributed by atoms with van der Waals surface area (Å²) < 4.78 is 0. The van der Waals surface area contributed by atoms with Crippen LogP contribution in [-0.4, -0.2) is 19.0 Å². The number of aryl methyl sites for hydroxylation is 1. The van der Waals surface area contributed by atoms with Gasteiger partial charge in [0, 0.05) is 12.1 Å². The number of anilines is 1. The molecule has 1 unspecified atom stereocenters. The molecule has 1 aromatic rings. The van der Waals surface area contributed by atoms with Crippen LogP contribution < -0.4 is 16.4 Å². The molecule has 0 radical (unpaired) electrons. The minimum absolute atomic E-state index is 0.171. The molecular weight excluding hydrogens is 274 g/mol. The molecule has 1 fully saturated rings. The van der Waals surface area contributed by atoms with Crippen LogP contribution in [0.4, 0.5) is 5.69 Å². The van der Waals surface area contributed by atoms with E-state index in [2.05, 4.69) is 22.8 Å². The molecule has 0 saturated carbocycles. The van der Waals surface area contributed by atoms with Gasteiger partial charge in [-0.15, -0.1) is 0 Å². The first kappa shape index (κ1) is 15.3. The summed E-state index contributed by atoms with van der Waals surface area (Å²) >= 11 is 0. The zero-order chi connectivity index (χ0) is 15.4. The number of nitrogens with two attached hydrogens (primary N) is 1. The summed E-state index contributed by atoms with van der Waals surface area (Å²) in [6, 6.07) is 6.26. The first-order valence-electron chi connectivity index (χ1n) is 8.61. The number of fused-ring (bicyclic) bond motifs is 1. The molecule has 3 rings (SSSR count). The van der Waals surface area contributed by atoms with Crippen LogP contribution in [0.2, 0.25) is 0 Å². The SMILES string of the molecule is Nc1ccc2c(c1)CCCC2NC(=O)CCC1CCNCC1. The summed E-state index contributed by atoms with van der Waals surface area (Å²) in [6.07, 6.45) is 7.32. The van der Waals surface area contributed by atoms with E-state index in [1.54, 1.807) is 0 Å². The Hall–Kier alpha value is -1.55. The van der Waals surface area contributed by atoms with Gasteiger partial charge in [0.05, 0.1) is 6.04 Å². The van der Waals surface area contributed by atoms with E-state index in [-0.39, 0.29) is 11.9 Å². The van der Waals surface area contributed by atoms with Gasteiger partial charge in [0.2, 0.25) is 5.91 Å². The van der Waals surface area contributed by atoms with E-state index in [1.807, 2.05) is 6.07 Å². The molecule has 120 valence electrons. The highest BCUT2D eigenvalue weighted by molar-refractivity contribution is 5.76. The molecule has 2 aliphatic rings. The Labute approximate surface area is 132 Å². The second-order valence-electron chi connectivity index (χ2n) is 6.70. The molecule has 4 nitrogen and oxygen atoms in total. The van der Waals surface area contributed by atoms with Crippen LogP contribution in [0.1, 0.15) is 55.7 Å². The number of hydrogen-bond acceptors (Lipinski definition) is 3. The summed E-state index contributed by atoms with van der Waals surface area (Å²) in [5, 5.41) is 6.61. The Morgan fingerprint density at radius 1 is 1.27 bits per heavy atom. The average molecular weight is 301 g/mol. The Morgan fingerprint density at radius 2 is 2.09 bits per heavy atom. The largest absolute Gasteiger partial charge is 0.399 e. The number of carbonyl (C=O) groups excluding carboxylic acids is 1. The van der Waals surface area contributed by atoms with Crippen molar-refractivity contribution < 1.29 is 4.79 Å². The highest BCUT2D eigenvalue weighted by atomic mass is 16.1. The van der Waals surface area contributed by atoms with Gasteiger partial charge < -0.3 is 16.4 Å². The van der Waals surface area contributed by atoms with Crippen molar-refractivity contribution in [3.63, 3.8) is 0 Å². The normalized spacial score (nSPS) is 22.1. The Morgan fingerprint density at radius 3 is 2.91 bits per heavy atom. The van der Waals surface area contributed by atoms with E-state index in [9.17, 15) is 4.79 Å². The first-order valence-corrected chi connectivity index (χ1v) is 8.61. The number of hydrogen-bond donors (Lipinski definition) is 3. The molecule has 1 amide bonds. The monoisotopic (exact) mass is 301 g/mol. The molecule has 1 atom stereocenters. The Bertz CT molecular complexity index is 523. The van der Waals surface area contributed by atoms with Crippen molar-refractivity contribution in [1.29, 1.82) is 0 Å². The van der Waals surface area contributed by atoms with Gasteiger partial charge >= 0.3 is 0 Å². The van der Waals surface area contributed by atoms with Crippen LogP contribution in [0.15, 0.2) is 18.2 Å². The maximum atomic E-state index is 12.3. The highest BCUT2D eigenvalue weighted by Crippen LogP contribution is 2.31. The van der Waals surface area contributed by atoms with Crippen LogP contribution in [0, 0.1) is 5.92 Å². The third-order valence-electron chi connectivity index (χ3n) is 5.05.